The fourth-order valence-electron chi connectivity index (χ4n) is 3.79. The first kappa shape index (κ1) is 19.8. The maximum atomic E-state index is 13.1. The molecular formula is C18H22F4N6O. The maximum Gasteiger partial charge on any atom is 0.393 e. The smallest absolute Gasteiger partial charge is 0.365 e. The van der Waals surface area contributed by atoms with Crippen molar-refractivity contribution in [2.75, 3.05) is 19.6 Å². The lowest BCUT2D eigenvalue weighted by molar-refractivity contribution is -0.189. The number of carbonyl (C=O) groups excluding carboxylic acids is 1. The van der Waals surface area contributed by atoms with Crippen molar-refractivity contribution < 1.29 is 22.4 Å². The minimum atomic E-state index is -4.21. The second-order valence-electron chi connectivity index (χ2n) is 7.35. The number of alkyl halides is 3. The number of carbonyl (C=O) groups is 1. The number of nitrogens with one attached hydrogen (secondary N) is 4. The summed E-state index contributed by atoms with van der Waals surface area (Å²) in [6.07, 6.45) is 3.46. The Morgan fingerprint density at radius 1 is 1.21 bits per heavy atom. The van der Waals surface area contributed by atoms with Crippen LogP contribution >= 0.6 is 0 Å². The minimum absolute atomic E-state index is 0.00581. The summed E-state index contributed by atoms with van der Waals surface area (Å²) in [5.74, 6) is -1.75. The second-order valence-corrected chi connectivity index (χ2v) is 7.35. The quantitative estimate of drug-likeness (QED) is 0.410. The van der Waals surface area contributed by atoms with E-state index in [4.69, 9.17) is 0 Å². The highest BCUT2D eigenvalue weighted by Crippen LogP contribution is 2.34. The molecule has 4 N–H and O–H groups in total. The molecule has 1 saturated heterocycles. The van der Waals surface area contributed by atoms with Crippen molar-refractivity contribution in [1.29, 1.82) is 0 Å². The number of likely N-dealkylation sites (tertiary alicyclic amines) is 1. The number of hydrogen-bond donors (Lipinski definition) is 4. The molecule has 0 aromatic heterocycles. The molecule has 0 radical (unpaired) electrons. The molecule has 7 nitrogen and oxygen atoms in total. The summed E-state index contributed by atoms with van der Waals surface area (Å²) < 4.78 is 52.4. The topological polar surface area (TPSA) is 71.7 Å². The van der Waals surface area contributed by atoms with Crippen molar-refractivity contribution in [3.8, 4) is 0 Å². The molecule has 4 rings (SSSR count). The standard InChI is InChI=1S/C18H22F4N6O/c19-12-3-4-14(23-8-12)25-17(29)13-9-24-15-5-6-16(26-28(13)15)27-7-1-2-11(10-27)18(20,21)22/h3-6,9,11,15-16,23-24,26H,1-2,7-8,10H2,(H,25,29). The third-order valence-corrected chi connectivity index (χ3v) is 5.34. The summed E-state index contributed by atoms with van der Waals surface area (Å²) in [7, 11) is 0. The lowest BCUT2D eigenvalue weighted by Gasteiger charge is -2.43. The Balaban J connectivity index is 1.41. The minimum Gasteiger partial charge on any atom is -0.365 e. The van der Waals surface area contributed by atoms with Gasteiger partial charge >= 0.3 is 6.18 Å². The zero-order valence-electron chi connectivity index (χ0n) is 15.5. The Morgan fingerprint density at radius 2 is 2.00 bits per heavy atom. The number of allylic oxidation sites excluding steroid dienone is 2. The van der Waals surface area contributed by atoms with Crippen LogP contribution in [0.3, 0.4) is 0 Å². The van der Waals surface area contributed by atoms with E-state index < -0.39 is 24.2 Å². The van der Waals surface area contributed by atoms with Gasteiger partial charge in [-0.1, -0.05) is 6.08 Å². The number of nitrogens with zero attached hydrogens (tertiary/aromatic N) is 2. The number of hydrazine groups is 1. The summed E-state index contributed by atoms with van der Waals surface area (Å²) in [6.45, 7) is 0.450. The number of dihydropyridines is 1. The van der Waals surface area contributed by atoms with E-state index >= 15 is 0 Å². The fourth-order valence-corrected chi connectivity index (χ4v) is 3.79. The summed E-state index contributed by atoms with van der Waals surface area (Å²) in [4.78, 5) is 14.4. The van der Waals surface area contributed by atoms with Crippen molar-refractivity contribution >= 4 is 5.91 Å². The number of piperidine rings is 1. The SMILES string of the molecule is O=C(NC1=CC=C(F)CN1)C1=CNC2C=CC(N3CCCC(C(F)(F)F)C3)NN12. The molecule has 0 saturated carbocycles. The Kier molecular flexibility index (Phi) is 5.26. The molecule has 11 heteroatoms. The average molecular weight is 414 g/mol. The molecule has 3 unspecified atom stereocenters. The molecule has 0 aromatic rings. The zero-order chi connectivity index (χ0) is 20.6. The molecule has 1 fully saturated rings. The Hall–Kier alpha value is -2.53. The van der Waals surface area contributed by atoms with Gasteiger partial charge in [-0.3, -0.25) is 14.7 Å². The lowest BCUT2D eigenvalue weighted by atomic mass is 9.97. The van der Waals surface area contributed by atoms with Crippen LogP contribution in [0, 0.1) is 5.92 Å². The van der Waals surface area contributed by atoms with Gasteiger partial charge in [0.1, 0.15) is 23.5 Å². The Bertz CT molecular complexity index is 790. The summed E-state index contributed by atoms with van der Waals surface area (Å²) in [5.41, 5.74) is 3.42. The van der Waals surface area contributed by atoms with Crippen LogP contribution in [-0.4, -0.2) is 54.0 Å². The van der Waals surface area contributed by atoms with Crippen LogP contribution in [0.1, 0.15) is 12.8 Å². The van der Waals surface area contributed by atoms with Crippen molar-refractivity contribution in [2.24, 2.45) is 5.92 Å². The third kappa shape index (κ3) is 4.25. The summed E-state index contributed by atoms with van der Waals surface area (Å²) in [5, 5.41) is 10.0. The van der Waals surface area contributed by atoms with Crippen LogP contribution < -0.4 is 21.4 Å². The van der Waals surface area contributed by atoms with E-state index in [0.717, 1.165) is 0 Å². The van der Waals surface area contributed by atoms with Crippen LogP contribution in [0.5, 0.6) is 0 Å². The first-order chi connectivity index (χ1) is 13.8. The van der Waals surface area contributed by atoms with E-state index in [2.05, 4.69) is 21.4 Å². The van der Waals surface area contributed by atoms with Gasteiger partial charge in [-0.15, -0.1) is 0 Å². The molecule has 4 heterocycles. The Morgan fingerprint density at radius 3 is 2.72 bits per heavy atom. The molecule has 1 amide bonds. The Labute approximate surface area is 165 Å². The van der Waals surface area contributed by atoms with Gasteiger partial charge in [-0.05, 0) is 31.1 Å². The van der Waals surface area contributed by atoms with Crippen molar-refractivity contribution in [3.63, 3.8) is 0 Å². The van der Waals surface area contributed by atoms with Crippen molar-refractivity contribution in [2.45, 2.75) is 31.3 Å². The molecule has 0 spiro atoms. The van der Waals surface area contributed by atoms with Crippen LogP contribution in [0.25, 0.3) is 0 Å². The molecule has 3 atom stereocenters. The predicted molar refractivity (Wildman–Crippen MR) is 96.7 cm³/mol. The van der Waals surface area contributed by atoms with E-state index in [0.29, 0.717) is 18.8 Å². The molecule has 4 aliphatic heterocycles. The third-order valence-electron chi connectivity index (χ3n) is 5.34. The largest absolute Gasteiger partial charge is 0.393 e. The lowest BCUT2D eigenvalue weighted by Crippen LogP contribution is -2.60. The van der Waals surface area contributed by atoms with E-state index in [1.165, 1.54) is 18.4 Å². The highest BCUT2D eigenvalue weighted by atomic mass is 19.4. The van der Waals surface area contributed by atoms with Crippen molar-refractivity contribution in [3.05, 3.63) is 47.8 Å². The van der Waals surface area contributed by atoms with Crippen LogP contribution in [-0.2, 0) is 4.79 Å². The molecule has 0 aromatic carbocycles. The maximum absolute atomic E-state index is 13.1. The average Bonchev–Trinajstić information content (AvgIpc) is 3.12. The van der Waals surface area contributed by atoms with Gasteiger partial charge in [0.25, 0.3) is 5.91 Å². The molecule has 29 heavy (non-hydrogen) atoms. The first-order valence-electron chi connectivity index (χ1n) is 9.43. The van der Waals surface area contributed by atoms with Crippen LogP contribution in [0.4, 0.5) is 17.6 Å². The number of halogens is 4. The monoisotopic (exact) mass is 414 g/mol. The van der Waals surface area contributed by atoms with Gasteiger partial charge < -0.3 is 16.0 Å². The number of fused-ring (bicyclic) bond motifs is 1. The van der Waals surface area contributed by atoms with Gasteiger partial charge in [-0.25, -0.2) is 9.82 Å². The van der Waals surface area contributed by atoms with E-state index in [9.17, 15) is 22.4 Å². The highest BCUT2D eigenvalue weighted by molar-refractivity contribution is 5.94. The van der Waals surface area contributed by atoms with Crippen LogP contribution in [0.15, 0.2) is 47.8 Å². The molecular weight excluding hydrogens is 392 g/mol. The molecule has 4 aliphatic rings. The molecule has 0 aliphatic carbocycles. The fraction of sp³-hybridized carbons (Fsp3) is 0.500. The van der Waals surface area contributed by atoms with Gasteiger partial charge in [0.15, 0.2) is 0 Å². The summed E-state index contributed by atoms with van der Waals surface area (Å²) >= 11 is 0. The van der Waals surface area contributed by atoms with Crippen molar-refractivity contribution in [1.82, 2.24) is 31.3 Å². The number of amides is 1. The van der Waals surface area contributed by atoms with E-state index in [1.807, 2.05) is 6.08 Å². The zero-order valence-corrected chi connectivity index (χ0v) is 15.5. The van der Waals surface area contributed by atoms with E-state index in [-0.39, 0.29) is 37.2 Å². The number of hydrogen-bond acceptors (Lipinski definition) is 6. The molecule has 0 bridgehead atoms. The normalized spacial score (nSPS) is 29.9. The van der Waals surface area contributed by atoms with Crippen LogP contribution in [0.2, 0.25) is 0 Å². The van der Waals surface area contributed by atoms with Gasteiger partial charge in [0, 0.05) is 19.3 Å². The second kappa shape index (κ2) is 7.71. The predicted octanol–water partition coefficient (Wildman–Crippen LogP) is 1.15. The first-order valence-corrected chi connectivity index (χ1v) is 9.43. The van der Waals surface area contributed by atoms with Gasteiger partial charge in [0.2, 0.25) is 0 Å². The van der Waals surface area contributed by atoms with Gasteiger partial charge in [0.05, 0.1) is 18.6 Å². The summed E-state index contributed by atoms with van der Waals surface area (Å²) in [6, 6.07) is 0. The molecule has 158 valence electrons. The van der Waals surface area contributed by atoms with E-state index in [1.54, 1.807) is 16.0 Å². The highest BCUT2D eigenvalue weighted by Gasteiger charge is 2.44. The van der Waals surface area contributed by atoms with Gasteiger partial charge in [-0.2, -0.15) is 13.2 Å². The number of rotatable bonds is 3.